The first kappa shape index (κ1) is 13.3. The van der Waals surface area contributed by atoms with Crippen LogP contribution in [0.5, 0.6) is 5.75 Å². The molecule has 7 nitrogen and oxygen atoms in total. The van der Waals surface area contributed by atoms with Crippen molar-refractivity contribution in [3.63, 3.8) is 0 Å². The molecule has 2 heterocycles. The standard InChI is InChI=1S/C13H10N4O3S/c1-6-16-17-13(21-6)15-12(20)9-10(18)7-4-2-3-5-8(7)14-11(9)19/h2-5H,1H3,(H2,14,18,19)(H,15,17,20). The Morgan fingerprint density at radius 3 is 2.81 bits per heavy atom. The van der Waals surface area contributed by atoms with E-state index < -0.39 is 11.5 Å². The second kappa shape index (κ2) is 4.98. The number of nitrogens with zero attached hydrogens (tertiary/aromatic N) is 2. The number of aromatic hydroxyl groups is 1. The Hall–Kier alpha value is -2.74. The highest BCUT2D eigenvalue weighted by molar-refractivity contribution is 7.15. The molecule has 0 bridgehead atoms. The quantitative estimate of drug-likeness (QED) is 0.667. The summed E-state index contributed by atoms with van der Waals surface area (Å²) in [6.45, 7) is 1.74. The Morgan fingerprint density at radius 2 is 2.10 bits per heavy atom. The third-order valence-corrected chi connectivity index (χ3v) is 3.62. The number of benzene rings is 1. The molecule has 0 aliphatic carbocycles. The molecule has 0 aliphatic rings. The number of aromatic nitrogens is 3. The van der Waals surface area contributed by atoms with E-state index in [1.807, 2.05) is 0 Å². The number of hydrogen-bond acceptors (Lipinski definition) is 6. The molecule has 0 saturated carbocycles. The predicted molar refractivity (Wildman–Crippen MR) is 78.8 cm³/mol. The smallest absolute Gasteiger partial charge is 0.266 e. The Labute approximate surface area is 122 Å². The first-order valence-corrected chi connectivity index (χ1v) is 6.83. The number of aryl methyl sites for hydroxylation is 1. The van der Waals surface area contributed by atoms with Crippen LogP contribution in [-0.4, -0.2) is 26.2 Å². The van der Waals surface area contributed by atoms with E-state index in [9.17, 15) is 14.7 Å². The van der Waals surface area contributed by atoms with Gasteiger partial charge in [0.15, 0.2) is 0 Å². The van der Waals surface area contributed by atoms with Crippen molar-refractivity contribution in [2.75, 3.05) is 5.32 Å². The monoisotopic (exact) mass is 302 g/mol. The third kappa shape index (κ3) is 2.36. The van der Waals surface area contributed by atoms with Gasteiger partial charge in [-0.05, 0) is 19.1 Å². The van der Waals surface area contributed by atoms with E-state index in [1.165, 1.54) is 11.3 Å². The molecule has 21 heavy (non-hydrogen) atoms. The normalized spacial score (nSPS) is 10.7. The Morgan fingerprint density at radius 1 is 1.33 bits per heavy atom. The van der Waals surface area contributed by atoms with Gasteiger partial charge in [-0.25, -0.2) is 0 Å². The van der Waals surface area contributed by atoms with Crippen LogP contribution >= 0.6 is 11.3 Å². The molecular weight excluding hydrogens is 292 g/mol. The van der Waals surface area contributed by atoms with Crippen molar-refractivity contribution in [3.8, 4) is 5.75 Å². The summed E-state index contributed by atoms with van der Waals surface area (Å²) in [7, 11) is 0. The number of hydrogen-bond donors (Lipinski definition) is 3. The van der Waals surface area contributed by atoms with E-state index in [2.05, 4.69) is 20.5 Å². The number of pyridine rings is 1. The lowest BCUT2D eigenvalue weighted by Crippen LogP contribution is -2.23. The molecule has 1 amide bonds. The molecule has 0 aliphatic heterocycles. The largest absolute Gasteiger partial charge is 0.506 e. The zero-order chi connectivity index (χ0) is 15.0. The van der Waals surface area contributed by atoms with Gasteiger partial charge in [0, 0.05) is 5.39 Å². The number of amides is 1. The molecule has 3 N–H and O–H groups in total. The SMILES string of the molecule is Cc1nnc(NC(=O)c2c(O)c3ccccc3[nH]c2=O)s1. The number of aromatic amines is 1. The number of fused-ring (bicyclic) bond motifs is 1. The molecule has 0 spiro atoms. The van der Waals surface area contributed by atoms with Gasteiger partial charge in [-0.15, -0.1) is 10.2 Å². The average molecular weight is 302 g/mol. The van der Waals surface area contributed by atoms with Crippen LogP contribution in [-0.2, 0) is 0 Å². The fourth-order valence-electron chi connectivity index (χ4n) is 1.94. The zero-order valence-corrected chi connectivity index (χ0v) is 11.7. The second-order valence-electron chi connectivity index (χ2n) is 4.30. The van der Waals surface area contributed by atoms with Crippen molar-refractivity contribution >= 4 is 33.3 Å². The van der Waals surface area contributed by atoms with E-state index in [4.69, 9.17) is 0 Å². The maximum absolute atomic E-state index is 12.2. The summed E-state index contributed by atoms with van der Waals surface area (Å²) in [5.41, 5.74) is -0.546. The minimum atomic E-state index is -0.726. The van der Waals surface area contributed by atoms with Crippen LogP contribution in [0.15, 0.2) is 29.1 Å². The van der Waals surface area contributed by atoms with Gasteiger partial charge in [0.2, 0.25) is 5.13 Å². The van der Waals surface area contributed by atoms with Crippen molar-refractivity contribution in [1.82, 2.24) is 15.2 Å². The molecule has 3 rings (SSSR count). The van der Waals surface area contributed by atoms with E-state index in [0.717, 1.165) is 0 Å². The van der Waals surface area contributed by atoms with Crippen LogP contribution in [0.25, 0.3) is 10.9 Å². The fraction of sp³-hybridized carbons (Fsp3) is 0.0769. The topological polar surface area (TPSA) is 108 Å². The van der Waals surface area contributed by atoms with Gasteiger partial charge in [-0.3, -0.25) is 14.9 Å². The van der Waals surface area contributed by atoms with Gasteiger partial charge in [0.1, 0.15) is 16.3 Å². The molecule has 1 aromatic carbocycles. The predicted octanol–water partition coefficient (Wildman–Crippen LogP) is 1.65. The Balaban J connectivity index is 2.07. The van der Waals surface area contributed by atoms with Gasteiger partial charge >= 0.3 is 0 Å². The number of rotatable bonds is 2. The van der Waals surface area contributed by atoms with Gasteiger partial charge in [0.25, 0.3) is 11.5 Å². The van der Waals surface area contributed by atoms with Crippen LogP contribution in [0.1, 0.15) is 15.4 Å². The fourth-order valence-corrected chi connectivity index (χ4v) is 2.53. The lowest BCUT2D eigenvalue weighted by Gasteiger charge is -2.06. The molecule has 0 atom stereocenters. The molecule has 3 aromatic rings. The lowest BCUT2D eigenvalue weighted by molar-refractivity contribution is 0.102. The summed E-state index contributed by atoms with van der Waals surface area (Å²) >= 11 is 1.18. The molecule has 0 saturated heterocycles. The van der Waals surface area contributed by atoms with Crippen LogP contribution in [0, 0.1) is 6.92 Å². The molecule has 2 aromatic heterocycles. The van der Waals surface area contributed by atoms with E-state index in [0.29, 0.717) is 15.9 Å². The van der Waals surface area contributed by atoms with Crippen LogP contribution < -0.4 is 10.9 Å². The van der Waals surface area contributed by atoms with E-state index >= 15 is 0 Å². The van der Waals surface area contributed by atoms with Crippen molar-refractivity contribution < 1.29 is 9.90 Å². The number of nitrogens with one attached hydrogen (secondary N) is 2. The summed E-state index contributed by atoms with van der Waals surface area (Å²) in [6, 6.07) is 6.69. The van der Waals surface area contributed by atoms with Crippen LogP contribution in [0.3, 0.4) is 0 Å². The summed E-state index contributed by atoms with van der Waals surface area (Å²) in [6.07, 6.45) is 0. The number of carbonyl (C=O) groups is 1. The minimum absolute atomic E-state index is 0.268. The molecule has 0 radical (unpaired) electrons. The minimum Gasteiger partial charge on any atom is -0.506 e. The van der Waals surface area contributed by atoms with Crippen LogP contribution in [0.4, 0.5) is 5.13 Å². The van der Waals surface area contributed by atoms with Gasteiger partial charge in [-0.2, -0.15) is 0 Å². The van der Waals surface area contributed by atoms with Gasteiger partial charge in [-0.1, -0.05) is 23.5 Å². The highest BCUT2D eigenvalue weighted by Gasteiger charge is 2.20. The Kier molecular flexibility index (Phi) is 3.15. The number of H-pyrrole nitrogens is 1. The zero-order valence-electron chi connectivity index (χ0n) is 10.9. The summed E-state index contributed by atoms with van der Waals surface area (Å²) < 4.78 is 0. The first-order chi connectivity index (χ1) is 10.1. The molecule has 106 valence electrons. The van der Waals surface area contributed by atoms with Crippen molar-refractivity contribution in [1.29, 1.82) is 0 Å². The van der Waals surface area contributed by atoms with Crippen molar-refractivity contribution in [3.05, 3.63) is 45.2 Å². The van der Waals surface area contributed by atoms with Crippen LogP contribution in [0.2, 0.25) is 0 Å². The number of anilines is 1. The highest BCUT2D eigenvalue weighted by atomic mass is 32.1. The number of para-hydroxylation sites is 1. The number of carbonyl (C=O) groups excluding carboxylic acids is 1. The van der Waals surface area contributed by atoms with Crippen molar-refractivity contribution in [2.24, 2.45) is 0 Å². The molecule has 0 unspecified atom stereocenters. The Bertz CT molecular complexity index is 900. The van der Waals surface area contributed by atoms with E-state index in [1.54, 1.807) is 31.2 Å². The maximum Gasteiger partial charge on any atom is 0.266 e. The highest BCUT2D eigenvalue weighted by Crippen LogP contribution is 2.25. The third-order valence-electron chi connectivity index (χ3n) is 2.87. The lowest BCUT2D eigenvalue weighted by atomic mass is 10.1. The van der Waals surface area contributed by atoms with E-state index in [-0.39, 0.29) is 16.4 Å². The van der Waals surface area contributed by atoms with Crippen molar-refractivity contribution in [2.45, 2.75) is 6.92 Å². The summed E-state index contributed by atoms with van der Waals surface area (Å²) in [5, 5.41) is 21.5. The van der Waals surface area contributed by atoms with Gasteiger partial charge < -0.3 is 10.1 Å². The average Bonchev–Trinajstić information content (AvgIpc) is 2.84. The summed E-state index contributed by atoms with van der Waals surface area (Å²) in [5.74, 6) is -1.08. The van der Waals surface area contributed by atoms with Gasteiger partial charge in [0.05, 0.1) is 5.52 Å². The second-order valence-corrected chi connectivity index (χ2v) is 5.49. The maximum atomic E-state index is 12.2. The first-order valence-electron chi connectivity index (χ1n) is 6.01. The molecule has 0 fully saturated rings. The molecule has 8 heteroatoms. The summed E-state index contributed by atoms with van der Waals surface area (Å²) in [4.78, 5) is 26.7. The molecular formula is C13H10N4O3S.